The van der Waals surface area contributed by atoms with Crippen molar-refractivity contribution in [3.05, 3.63) is 73.3 Å². The Kier molecular flexibility index (Phi) is 3.83. The molecule has 0 fully saturated rings. The second-order valence-electron chi connectivity index (χ2n) is 5.45. The summed E-state index contributed by atoms with van der Waals surface area (Å²) in [6.07, 6.45) is 0.931. The van der Waals surface area contributed by atoms with Gasteiger partial charge in [0.2, 0.25) is 0 Å². The smallest absolute Gasteiger partial charge is 0.278 e. The summed E-state index contributed by atoms with van der Waals surface area (Å²) >= 11 is 18.5. The summed E-state index contributed by atoms with van der Waals surface area (Å²) in [6.45, 7) is 0. The highest BCUT2D eigenvalue weighted by Crippen LogP contribution is 2.44. The SMILES string of the molecule is O=[N+]([O-])c1ccc(Cl)c(Cl)c1[C@H]1Nc2cc(Cl)ccc2-c2ccnn21. The van der Waals surface area contributed by atoms with Gasteiger partial charge in [-0.3, -0.25) is 10.1 Å². The van der Waals surface area contributed by atoms with E-state index in [1.165, 1.54) is 12.1 Å². The van der Waals surface area contributed by atoms with Crippen molar-refractivity contribution in [1.29, 1.82) is 0 Å². The summed E-state index contributed by atoms with van der Waals surface area (Å²) < 4.78 is 1.64. The zero-order chi connectivity index (χ0) is 17.7. The Hall–Kier alpha value is -2.28. The molecule has 1 N–H and O–H groups in total. The maximum absolute atomic E-state index is 11.5. The van der Waals surface area contributed by atoms with Gasteiger partial charge in [-0.05, 0) is 30.3 Å². The molecule has 1 atom stereocenters. The minimum Gasteiger partial charge on any atom is -0.359 e. The molecule has 0 spiro atoms. The minimum atomic E-state index is -0.692. The van der Waals surface area contributed by atoms with Crippen molar-refractivity contribution in [2.75, 3.05) is 5.32 Å². The van der Waals surface area contributed by atoms with E-state index in [9.17, 15) is 10.1 Å². The van der Waals surface area contributed by atoms with Crippen LogP contribution in [0.1, 0.15) is 11.7 Å². The van der Waals surface area contributed by atoms with Crippen LogP contribution in [0.25, 0.3) is 11.3 Å². The van der Waals surface area contributed by atoms with Crippen LogP contribution in [0.3, 0.4) is 0 Å². The lowest BCUT2D eigenvalue weighted by Gasteiger charge is -2.29. The molecule has 2 aromatic carbocycles. The monoisotopic (exact) mass is 394 g/mol. The largest absolute Gasteiger partial charge is 0.359 e. The Bertz CT molecular complexity index is 1020. The van der Waals surface area contributed by atoms with E-state index in [4.69, 9.17) is 34.8 Å². The van der Waals surface area contributed by atoms with Gasteiger partial charge in [-0.25, -0.2) is 4.68 Å². The normalized spacial score (nSPS) is 15.2. The molecule has 0 radical (unpaired) electrons. The molecule has 1 aliphatic heterocycles. The molecule has 0 saturated heterocycles. The number of anilines is 1. The number of nitro groups is 1. The minimum absolute atomic E-state index is 0.111. The Morgan fingerprint density at radius 2 is 1.96 bits per heavy atom. The molecule has 25 heavy (non-hydrogen) atoms. The number of aromatic nitrogens is 2. The maximum atomic E-state index is 11.5. The summed E-state index contributed by atoms with van der Waals surface area (Å²) in [5.41, 5.74) is 2.52. The van der Waals surface area contributed by atoms with Crippen molar-refractivity contribution in [2.24, 2.45) is 0 Å². The first-order valence-electron chi connectivity index (χ1n) is 7.19. The van der Waals surface area contributed by atoms with E-state index in [0.29, 0.717) is 5.02 Å². The van der Waals surface area contributed by atoms with E-state index in [-0.39, 0.29) is 21.3 Å². The molecule has 2 heterocycles. The highest BCUT2D eigenvalue weighted by Gasteiger charge is 2.33. The van der Waals surface area contributed by atoms with Crippen LogP contribution in [0.15, 0.2) is 42.6 Å². The molecular formula is C16H9Cl3N4O2. The van der Waals surface area contributed by atoms with E-state index in [2.05, 4.69) is 10.4 Å². The van der Waals surface area contributed by atoms with Gasteiger partial charge in [-0.2, -0.15) is 5.10 Å². The quantitative estimate of drug-likeness (QED) is 0.466. The number of nitrogens with zero attached hydrogens (tertiary/aromatic N) is 3. The third-order valence-electron chi connectivity index (χ3n) is 4.04. The van der Waals surface area contributed by atoms with Crippen molar-refractivity contribution in [2.45, 2.75) is 6.17 Å². The van der Waals surface area contributed by atoms with Gasteiger partial charge in [0.1, 0.15) is 0 Å². The van der Waals surface area contributed by atoms with Gasteiger partial charge in [0.15, 0.2) is 6.17 Å². The molecule has 1 aromatic heterocycles. The molecule has 0 unspecified atom stereocenters. The van der Waals surface area contributed by atoms with Crippen LogP contribution in [0.2, 0.25) is 15.1 Å². The molecule has 1 aliphatic rings. The van der Waals surface area contributed by atoms with Gasteiger partial charge >= 0.3 is 0 Å². The van der Waals surface area contributed by atoms with Crippen LogP contribution in [-0.4, -0.2) is 14.7 Å². The molecule has 0 amide bonds. The predicted molar refractivity (Wildman–Crippen MR) is 97.6 cm³/mol. The number of hydrogen-bond acceptors (Lipinski definition) is 4. The fourth-order valence-corrected chi connectivity index (χ4v) is 3.57. The van der Waals surface area contributed by atoms with E-state index < -0.39 is 11.1 Å². The van der Waals surface area contributed by atoms with Crippen LogP contribution in [0, 0.1) is 10.1 Å². The zero-order valence-corrected chi connectivity index (χ0v) is 14.7. The number of hydrogen-bond donors (Lipinski definition) is 1. The Morgan fingerprint density at radius 3 is 2.72 bits per heavy atom. The first kappa shape index (κ1) is 16.2. The molecule has 4 rings (SSSR count). The lowest BCUT2D eigenvalue weighted by Crippen LogP contribution is -2.26. The van der Waals surface area contributed by atoms with Crippen LogP contribution in [0.5, 0.6) is 0 Å². The summed E-state index contributed by atoms with van der Waals surface area (Å²) in [5.74, 6) is 0. The highest BCUT2D eigenvalue weighted by molar-refractivity contribution is 6.42. The predicted octanol–water partition coefficient (Wildman–Crippen LogP) is 5.39. The Labute approximate surface area is 157 Å². The van der Waals surface area contributed by atoms with E-state index >= 15 is 0 Å². The number of rotatable bonds is 2. The number of nitrogens with one attached hydrogen (secondary N) is 1. The Balaban J connectivity index is 1.97. The number of nitro benzene ring substituents is 1. The van der Waals surface area contributed by atoms with Crippen LogP contribution < -0.4 is 5.32 Å². The topological polar surface area (TPSA) is 73.0 Å². The van der Waals surface area contributed by atoms with E-state index in [1.54, 1.807) is 23.0 Å². The average molecular weight is 396 g/mol. The van der Waals surface area contributed by atoms with Crippen molar-refractivity contribution >= 4 is 46.2 Å². The standard InChI is InChI=1S/C16H9Cl3N4O2/c17-8-1-2-9-11(7-8)21-16(22-12(9)5-6-20-22)14-13(23(24)25)4-3-10(18)15(14)19/h1-7,16,21H/t16-/m0/s1. The second kappa shape index (κ2) is 5.91. The summed E-state index contributed by atoms with van der Waals surface area (Å²) in [5, 5.41) is 19.9. The first-order valence-corrected chi connectivity index (χ1v) is 8.33. The average Bonchev–Trinajstić information content (AvgIpc) is 3.06. The molecule has 0 saturated carbocycles. The van der Waals surface area contributed by atoms with Crippen molar-refractivity contribution in [1.82, 2.24) is 9.78 Å². The fourth-order valence-electron chi connectivity index (χ4n) is 2.97. The maximum Gasteiger partial charge on any atom is 0.278 e. The molecule has 3 aromatic rings. The van der Waals surface area contributed by atoms with Crippen molar-refractivity contribution in [3.63, 3.8) is 0 Å². The highest BCUT2D eigenvalue weighted by atomic mass is 35.5. The van der Waals surface area contributed by atoms with Gasteiger partial charge < -0.3 is 5.32 Å². The number of halogens is 3. The molecular weight excluding hydrogens is 387 g/mol. The van der Waals surface area contributed by atoms with E-state index in [1.807, 2.05) is 12.1 Å². The molecule has 6 nitrogen and oxygen atoms in total. The summed E-state index contributed by atoms with van der Waals surface area (Å²) in [6, 6.07) is 9.96. The molecule has 126 valence electrons. The molecule has 0 bridgehead atoms. The fraction of sp³-hybridized carbons (Fsp3) is 0.0625. The van der Waals surface area contributed by atoms with Crippen LogP contribution in [0.4, 0.5) is 11.4 Å². The van der Waals surface area contributed by atoms with Gasteiger partial charge in [-0.1, -0.05) is 34.8 Å². The van der Waals surface area contributed by atoms with Gasteiger partial charge in [0.05, 0.1) is 26.2 Å². The van der Waals surface area contributed by atoms with Gasteiger partial charge in [0, 0.05) is 28.5 Å². The Morgan fingerprint density at radius 1 is 1.16 bits per heavy atom. The zero-order valence-electron chi connectivity index (χ0n) is 12.4. The summed E-state index contributed by atoms with van der Waals surface area (Å²) in [7, 11) is 0. The second-order valence-corrected chi connectivity index (χ2v) is 6.67. The van der Waals surface area contributed by atoms with Gasteiger partial charge in [-0.15, -0.1) is 0 Å². The number of benzene rings is 2. The summed E-state index contributed by atoms with van der Waals surface area (Å²) in [4.78, 5) is 11.0. The third-order valence-corrected chi connectivity index (χ3v) is 5.10. The number of fused-ring (bicyclic) bond motifs is 3. The van der Waals surface area contributed by atoms with Crippen molar-refractivity contribution < 1.29 is 4.92 Å². The van der Waals surface area contributed by atoms with Crippen LogP contribution in [-0.2, 0) is 0 Å². The lowest BCUT2D eigenvalue weighted by atomic mass is 10.0. The van der Waals surface area contributed by atoms with Gasteiger partial charge in [0.25, 0.3) is 5.69 Å². The van der Waals surface area contributed by atoms with E-state index in [0.717, 1.165) is 16.9 Å². The molecule has 0 aliphatic carbocycles. The third kappa shape index (κ3) is 2.54. The van der Waals surface area contributed by atoms with Crippen LogP contribution >= 0.6 is 34.8 Å². The molecule has 9 heteroatoms. The lowest BCUT2D eigenvalue weighted by molar-refractivity contribution is -0.385. The van der Waals surface area contributed by atoms with Crippen molar-refractivity contribution in [3.8, 4) is 11.3 Å². The first-order chi connectivity index (χ1) is 12.0.